The van der Waals surface area contributed by atoms with Gasteiger partial charge in [-0.05, 0) is 49.9 Å². The number of aromatic nitrogens is 2. The Morgan fingerprint density at radius 1 is 0.909 bits per heavy atom. The summed E-state index contributed by atoms with van der Waals surface area (Å²) in [5, 5.41) is 5.41. The summed E-state index contributed by atoms with van der Waals surface area (Å²) in [4.78, 5) is 62.1. The van der Waals surface area contributed by atoms with Crippen molar-refractivity contribution in [3.8, 4) is 0 Å². The van der Waals surface area contributed by atoms with Gasteiger partial charge in [0.1, 0.15) is 12.1 Å². The van der Waals surface area contributed by atoms with Gasteiger partial charge in [-0.25, -0.2) is 0 Å². The number of rotatable bonds is 6. The number of carbonyl (C=O) groups excluding carboxylic acids is 4. The van der Waals surface area contributed by atoms with Crippen molar-refractivity contribution in [1.29, 1.82) is 0 Å². The molecule has 2 aromatic rings. The lowest BCUT2D eigenvalue weighted by atomic mass is 10.1. The van der Waals surface area contributed by atoms with Gasteiger partial charge in [0.05, 0.1) is 24.0 Å². The molecule has 2 aliphatic rings. The molecule has 2 aliphatic heterocycles. The molecule has 0 spiro atoms. The van der Waals surface area contributed by atoms with Crippen molar-refractivity contribution in [1.82, 2.24) is 25.1 Å². The van der Waals surface area contributed by atoms with Crippen LogP contribution < -0.4 is 10.6 Å². The van der Waals surface area contributed by atoms with Crippen LogP contribution in [0.15, 0.2) is 49.1 Å². The van der Waals surface area contributed by atoms with Crippen LogP contribution >= 0.6 is 0 Å². The smallest absolute Gasteiger partial charge is 0.253 e. The van der Waals surface area contributed by atoms with Crippen molar-refractivity contribution in [2.45, 2.75) is 37.8 Å². The Hall–Kier alpha value is -3.82. The summed E-state index contributed by atoms with van der Waals surface area (Å²) in [5.74, 6) is -1.19. The molecule has 2 aromatic heterocycles. The fraction of sp³-hybridized carbons (Fsp3) is 0.391. The molecule has 172 valence electrons. The predicted molar refractivity (Wildman–Crippen MR) is 119 cm³/mol. The Morgan fingerprint density at radius 2 is 1.61 bits per heavy atom. The molecule has 4 amide bonds. The highest BCUT2D eigenvalue weighted by molar-refractivity contribution is 5.99. The highest BCUT2D eigenvalue weighted by Crippen LogP contribution is 2.25. The van der Waals surface area contributed by atoms with Crippen LogP contribution in [-0.2, 0) is 14.4 Å². The molecular formula is C23H26N6O4. The van der Waals surface area contributed by atoms with E-state index in [4.69, 9.17) is 0 Å². The van der Waals surface area contributed by atoms with Gasteiger partial charge in [-0.15, -0.1) is 0 Å². The first-order valence-corrected chi connectivity index (χ1v) is 11.0. The van der Waals surface area contributed by atoms with Crippen LogP contribution in [0.3, 0.4) is 0 Å². The highest BCUT2D eigenvalue weighted by atomic mass is 16.2. The lowest BCUT2D eigenvalue weighted by molar-refractivity contribution is -0.145. The molecule has 10 heteroatoms. The molecule has 0 aliphatic carbocycles. The van der Waals surface area contributed by atoms with E-state index in [9.17, 15) is 19.2 Å². The maximum absolute atomic E-state index is 13.3. The quantitative estimate of drug-likeness (QED) is 0.672. The van der Waals surface area contributed by atoms with Crippen molar-refractivity contribution >= 4 is 29.3 Å². The van der Waals surface area contributed by atoms with E-state index in [0.29, 0.717) is 43.6 Å². The standard InChI is InChI=1S/C23H26N6O4/c30-20(15-26-21(31)16-5-1-9-24-13-16)28-11-4-8-19(28)23(33)29-12-3-7-18(29)22(32)27-17-6-2-10-25-14-17/h1-2,5-6,9-10,13-14,18-19H,3-4,7-8,11-12,15H2,(H,26,31)(H,27,32)/t18-,19-/m0/s1. The van der Waals surface area contributed by atoms with Crippen LogP contribution in [0.4, 0.5) is 5.69 Å². The van der Waals surface area contributed by atoms with Crippen LogP contribution in [0.2, 0.25) is 0 Å². The van der Waals surface area contributed by atoms with Gasteiger partial charge in [0.15, 0.2) is 0 Å². The number of hydrogen-bond acceptors (Lipinski definition) is 6. The number of anilines is 1. The Balaban J connectivity index is 1.36. The molecule has 0 saturated carbocycles. The van der Waals surface area contributed by atoms with Gasteiger partial charge in [-0.1, -0.05) is 0 Å². The zero-order valence-electron chi connectivity index (χ0n) is 18.1. The molecule has 2 saturated heterocycles. The van der Waals surface area contributed by atoms with Gasteiger partial charge in [0.2, 0.25) is 17.7 Å². The van der Waals surface area contributed by atoms with Crippen molar-refractivity contribution in [3.63, 3.8) is 0 Å². The lowest BCUT2D eigenvalue weighted by Gasteiger charge is -2.31. The largest absolute Gasteiger partial charge is 0.343 e. The lowest BCUT2D eigenvalue weighted by Crippen LogP contribution is -2.53. The minimum atomic E-state index is -0.625. The molecule has 2 fully saturated rings. The first-order chi connectivity index (χ1) is 16.0. The first-order valence-electron chi connectivity index (χ1n) is 11.0. The summed E-state index contributed by atoms with van der Waals surface area (Å²) in [6.07, 6.45) is 8.67. The number of nitrogens with one attached hydrogen (secondary N) is 2. The number of nitrogens with zero attached hydrogens (tertiary/aromatic N) is 4. The van der Waals surface area contributed by atoms with Crippen LogP contribution in [-0.4, -0.2) is 75.1 Å². The fourth-order valence-electron chi connectivity index (χ4n) is 4.34. The molecule has 4 heterocycles. The highest BCUT2D eigenvalue weighted by Gasteiger charge is 2.42. The zero-order chi connectivity index (χ0) is 23.2. The Bertz CT molecular complexity index is 1020. The normalized spacial score (nSPS) is 19.9. The van der Waals surface area contributed by atoms with E-state index in [-0.39, 0.29) is 24.3 Å². The molecule has 33 heavy (non-hydrogen) atoms. The van der Waals surface area contributed by atoms with Crippen molar-refractivity contribution in [2.75, 3.05) is 25.0 Å². The van der Waals surface area contributed by atoms with Crippen LogP contribution in [0.5, 0.6) is 0 Å². The summed E-state index contributed by atoms with van der Waals surface area (Å²) in [6.45, 7) is 0.709. The second-order valence-corrected chi connectivity index (χ2v) is 8.09. The molecule has 2 N–H and O–H groups in total. The molecular weight excluding hydrogens is 424 g/mol. The SMILES string of the molecule is O=C(NCC(=O)N1CCC[C@H]1C(=O)N1CCC[C@H]1C(=O)Nc1cccnc1)c1cccnc1. The van der Waals surface area contributed by atoms with Crippen LogP contribution in [0.1, 0.15) is 36.0 Å². The van der Waals surface area contributed by atoms with Gasteiger partial charge in [-0.3, -0.25) is 29.1 Å². The van der Waals surface area contributed by atoms with Crippen LogP contribution in [0.25, 0.3) is 0 Å². The maximum atomic E-state index is 13.3. The van der Waals surface area contributed by atoms with Gasteiger partial charge < -0.3 is 20.4 Å². The first kappa shape index (κ1) is 22.4. The van der Waals surface area contributed by atoms with Gasteiger partial charge in [-0.2, -0.15) is 0 Å². The average molecular weight is 450 g/mol. The molecule has 4 rings (SSSR count). The summed E-state index contributed by atoms with van der Waals surface area (Å²) < 4.78 is 0. The van der Waals surface area contributed by atoms with E-state index in [0.717, 1.165) is 6.42 Å². The van der Waals surface area contributed by atoms with E-state index < -0.39 is 18.0 Å². The van der Waals surface area contributed by atoms with E-state index in [1.807, 2.05) is 0 Å². The third-order valence-electron chi connectivity index (χ3n) is 5.95. The number of carbonyl (C=O) groups is 4. The summed E-state index contributed by atoms with van der Waals surface area (Å²) in [5.41, 5.74) is 0.933. The molecule has 0 aromatic carbocycles. The number of likely N-dealkylation sites (tertiary alicyclic amines) is 2. The molecule has 0 unspecified atom stereocenters. The minimum Gasteiger partial charge on any atom is -0.343 e. The summed E-state index contributed by atoms with van der Waals surface area (Å²) >= 11 is 0. The average Bonchev–Trinajstić information content (AvgIpc) is 3.53. The van der Waals surface area contributed by atoms with E-state index >= 15 is 0 Å². The van der Waals surface area contributed by atoms with Gasteiger partial charge in [0, 0.05) is 31.7 Å². The second kappa shape index (κ2) is 10.2. The monoisotopic (exact) mass is 450 g/mol. The number of hydrogen-bond donors (Lipinski definition) is 2. The van der Waals surface area contributed by atoms with E-state index in [1.54, 1.807) is 47.8 Å². The predicted octanol–water partition coefficient (Wildman–Crippen LogP) is 0.827. The molecule has 2 atom stereocenters. The second-order valence-electron chi connectivity index (χ2n) is 8.09. The van der Waals surface area contributed by atoms with Crippen molar-refractivity contribution < 1.29 is 19.2 Å². The van der Waals surface area contributed by atoms with E-state index in [1.165, 1.54) is 11.1 Å². The zero-order valence-corrected chi connectivity index (χ0v) is 18.1. The van der Waals surface area contributed by atoms with Gasteiger partial charge in [0.25, 0.3) is 5.91 Å². The molecule has 10 nitrogen and oxygen atoms in total. The fourth-order valence-corrected chi connectivity index (χ4v) is 4.34. The Morgan fingerprint density at radius 3 is 2.30 bits per heavy atom. The number of amides is 4. The third kappa shape index (κ3) is 5.16. The van der Waals surface area contributed by atoms with Crippen molar-refractivity contribution in [2.24, 2.45) is 0 Å². The minimum absolute atomic E-state index is 0.206. The Kier molecular flexibility index (Phi) is 6.92. The molecule has 0 radical (unpaired) electrons. The maximum Gasteiger partial charge on any atom is 0.253 e. The topological polar surface area (TPSA) is 125 Å². The number of pyridine rings is 2. The van der Waals surface area contributed by atoms with Crippen LogP contribution in [0, 0.1) is 0 Å². The Labute approximate surface area is 191 Å². The summed E-state index contributed by atoms with van der Waals surface area (Å²) in [6, 6.07) is 5.51. The van der Waals surface area contributed by atoms with Crippen molar-refractivity contribution in [3.05, 3.63) is 54.6 Å². The summed E-state index contributed by atoms with van der Waals surface area (Å²) in [7, 11) is 0. The van der Waals surface area contributed by atoms with Gasteiger partial charge >= 0.3 is 0 Å². The molecule has 0 bridgehead atoms. The third-order valence-corrected chi connectivity index (χ3v) is 5.95. The van der Waals surface area contributed by atoms with E-state index in [2.05, 4.69) is 20.6 Å².